The van der Waals surface area contributed by atoms with E-state index in [1.54, 1.807) is 18.3 Å². The van der Waals surface area contributed by atoms with Crippen molar-refractivity contribution in [3.63, 3.8) is 0 Å². The molecule has 3 heterocycles. The van der Waals surface area contributed by atoms with Crippen LogP contribution in [-0.4, -0.2) is 52.5 Å². The summed E-state index contributed by atoms with van der Waals surface area (Å²) in [7, 11) is 0. The van der Waals surface area contributed by atoms with Gasteiger partial charge in [-0.2, -0.15) is 0 Å². The number of pyridine rings is 1. The number of hydrogen-bond acceptors (Lipinski definition) is 4. The van der Waals surface area contributed by atoms with E-state index in [-0.39, 0.29) is 17.5 Å². The molecule has 2 aliphatic rings. The fourth-order valence-corrected chi connectivity index (χ4v) is 3.27. The van der Waals surface area contributed by atoms with Gasteiger partial charge in [0.15, 0.2) is 0 Å². The van der Waals surface area contributed by atoms with Crippen LogP contribution in [0.15, 0.2) is 18.3 Å². The first-order chi connectivity index (χ1) is 10.2. The monoisotopic (exact) mass is 289 g/mol. The fraction of sp³-hybridized carbons (Fsp3) is 0.533. The number of carbonyl (C=O) groups excluding carboxylic acids is 1. The Morgan fingerprint density at radius 1 is 1.33 bits per heavy atom. The van der Waals surface area contributed by atoms with Gasteiger partial charge >= 0.3 is 5.97 Å². The Balaban J connectivity index is 1.80. The summed E-state index contributed by atoms with van der Waals surface area (Å²) in [6.07, 6.45) is 5.12. The maximum Gasteiger partial charge on any atom is 0.339 e. The predicted octanol–water partition coefficient (Wildman–Crippen LogP) is 1.37. The lowest BCUT2D eigenvalue weighted by molar-refractivity contribution is -0.129. The number of anilines is 1. The molecule has 0 saturated carbocycles. The molecule has 6 heteroatoms. The number of nitrogens with zero attached hydrogens (tertiary/aromatic N) is 3. The average Bonchev–Trinajstić information content (AvgIpc) is 2.93. The van der Waals surface area contributed by atoms with Crippen LogP contribution in [0, 0.1) is 0 Å². The molecular weight excluding hydrogens is 270 g/mol. The van der Waals surface area contributed by atoms with Crippen LogP contribution in [0.4, 0.5) is 5.82 Å². The van der Waals surface area contributed by atoms with E-state index in [2.05, 4.69) is 4.98 Å². The summed E-state index contributed by atoms with van der Waals surface area (Å²) >= 11 is 0. The molecule has 1 N–H and O–H groups in total. The minimum Gasteiger partial charge on any atom is -0.478 e. The number of carboxylic acid groups (broad SMARTS) is 1. The zero-order valence-corrected chi connectivity index (χ0v) is 11.9. The van der Waals surface area contributed by atoms with Crippen molar-refractivity contribution in [3.8, 4) is 0 Å². The normalized spacial score (nSPS) is 22.7. The Hall–Kier alpha value is -2.11. The quantitative estimate of drug-likeness (QED) is 0.909. The Kier molecular flexibility index (Phi) is 3.77. The van der Waals surface area contributed by atoms with Crippen LogP contribution < -0.4 is 4.90 Å². The third kappa shape index (κ3) is 2.70. The second-order valence-electron chi connectivity index (χ2n) is 5.61. The van der Waals surface area contributed by atoms with Crippen molar-refractivity contribution < 1.29 is 14.7 Å². The van der Waals surface area contributed by atoms with Crippen LogP contribution in [-0.2, 0) is 4.79 Å². The molecular formula is C15H19N3O3. The van der Waals surface area contributed by atoms with Crippen LogP contribution in [0.2, 0.25) is 0 Å². The molecule has 0 bridgehead atoms. The maximum absolute atomic E-state index is 11.9. The highest BCUT2D eigenvalue weighted by molar-refractivity contribution is 5.93. The van der Waals surface area contributed by atoms with Gasteiger partial charge in [-0.05, 0) is 31.4 Å². The van der Waals surface area contributed by atoms with Crippen LogP contribution in [0.25, 0.3) is 0 Å². The van der Waals surface area contributed by atoms with E-state index in [9.17, 15) is 14.7 Å². The number of likely N-dealkylation sites (tertiary alicyclic amines) is 1. The van der Waals surface area contributed by atoms with Gasteiger partial charge in [0.1, 0.15) is 11.4 Å². The first-order valence-electron chi connectivity index (χ1n) is 7.39. The van der Waals surface area contributed by atoms with Crippen molar-refractivity contribution >= 4 is 17.7 Å². The molecule has 2 saturated heterocycles. The molecule has 0 aromatic carbocycles. The van der Waals surface area contributed by atoms with Gasteiger partial charge in [0.25, 0.3) is 0 Å². The predicted molar refractivity (Wildman–Crippen MR) is 77.4 cm³/mol. The maximum atomic E-state index is 11.9. The molecule has 21 heavy (non-hydrogen) atoms. The minimum absolute atomic E-state index is 0.178. The number of rotatable bonds is 3. The first kappa shape index (κ1) is 13.9. The average molecular weight is 289 g/mol. The standard InChI is InChI=1S/C15H19N3O3/c19-13-6-3-9-18(13)11-4-2-8-17(10-11)14-12(15(20)21)5-1-7-16-14/h1,5,7,11H,2-4,6,8-10H2,(H,20,21). The van der Waals surface area contributed by atoms with Gasteiger partial charge in [-0.3, -0.25) is 4.79 Å². The highest BCUT2D eigenvalue weighted by Crippen LogP contribution is 2.26. The molecule has 1 atom stereocenters. The van der Waals surface area contributed by atoms with Gasteiger partial charge in [-0.25, -0.2) is 9.78 Å². The summed E-state index contributed by atoms with van der Waals surface area (Å²) in [5.41, 5.74) is 0.228. The first-order valence-corrected chi connectivity index (χ1v) is 7.39. The molecule has 112 valence electrons. The Bertz CT molecular complexity index is 561. The summed E-state index contributed by atoms with van der Waals surface area (Å²) in [4.78, 5) is 31.4. The van der Waals surface area contributed by atoms with Gasteiger partial charge in [-0.1, -0.05) is 0 Å². The van der Waals surface area contributed by atoms with Gasteiger partial charge in [0, 0.05) is 38.3 Å². The SMILES string of the molecule is O=C(O)c1cccnc1N1CCCC(N2CCCC2=O)C1. The summed E-state index contributed by atoms with van der Waals surface area (Å²) in [6.45, 7) is 2.28. The zero-order valence-electron chi connectivity index (χ0n) is 11.9. The molecule has 0 radical (unpaired) electrons. The molecule has 3 rings (SSSR count). The molecule has 0 aliphatic carbocycles. The highest BCUT2D eigenvalue weighted by Gasteiger charge is 2.32. The van der Waals surface area contributed by atoms with Gasteiger partial charge in [0.05, 0.1) is 0 Å². The van der Waals surface area contributed by atoms with Gasteiger partial charge in [-0.15, -0.1) is 0 Å². The third-order valence-corrected chi connectivity index (χ3v) is 4.26. The number of amides is 1. The number of aromatic nitrogens is 1. The van der Waals surface area contributed by atoms with Gasteiger partial charge in [0.2, 0.25) is 5.91 Å². The van der Waals surface area contributed by atoms with Crippen molar-refractivity contribution in [1.29, 1.82) is 0 Å². The van der Waals surface area contributed by atoms with Crippen LogP contribution in [0.5, 0.6) is 0 Å². The van der Waals surface area contributed by atoms with Crippen molar-refractivity contribution in [1.82, 2.24) is 9.88 Å². The summed E-state index contributed by atoms with van der Waals surface area (Å²) in [5.74, 6) is -0.222. The van der Waals surface area contributed by atoms with Crippen molar-refractivity contribution in [2.75, 3.05) is 24.5 Å². The third-order valence-electron chi connectivity index (χ3n) is 4.26. The second kappa shape index (κ2) is 5.71. The lowest BCUT2D eigenvalue weighted by atomic mass is 10.0. The molecule has 1 aromatic rings. The smallest absolute Gasteiger partial charge is 0.339 e. The van der Waals surface area contributed by atoms with Crippen molar-refractivity contribution in [2.45, 2.75) is 31.7 Å². The van der Waals surface area contributed by atoms with Crippen molar-refractivity contribution in [3.05, 3.63) is 23.9 Å². The lowest BCUT2D eigenvalue weighted by Crippen LogP contribution is -2.49. The van der Waals surface area contributed by atoms with Gasteiger partial charge < -0.3 is 14.9 Å². The van der Waals surface area contributed by atoms with Crippen LogP contribution in [0.1, 0.15) is 36.0 Å². The van der Waals surface area contributed by atoms with E-state index in [0.717, 1.165) is 32.4 Å². The molecule has 2 aliphatic heterocycles. The Morgan fingerprint density at radius 3 is 2.90 bits per heavy atom. The summed E-state index contributed by atoms with van der Waals surface area (Å²) < 4.78 is 0. The minimum atomic E-state index is -0.961. The summed E-state index contributed by atoms with van der Waals surface area (Å²) in [6, 6.07) is 3.39. The van der Waals surface area contributed by atoms with E-state index in [1.165, 1.54) is 0 Å². The topological polar surface area (TPSA) is 73.7 Å². The molecule has 1 aromatic heterocycles. The largest absolute Gasteiger partial charge is 0.478 e. The fourth-order valence-electron chi connectivity index (χ4n) is 3.27. The molecule has 0 spiro atoms. The number of aromatic carboxylic acids is 1. The lowest BCUT2D eigenvalue weighted by Gasteiger charge is -2.38. The molecule has 1 amide bonds. The van der Waals surface area contributed by atoms with Crippen LogP contribution >= 0.6 is 0 Å². The highest BCUT2D eigenvalue weighted by atomic mass is 16.4. The number of carboxylic acids is 1. The van der Waals surface area contributed by atoms with E-state index < -0.39 is 5.97 Å². The van der Waals surface area contributed by atoms with E-state index in [1.807, 2.05) is 9.80 Å². The van der Waals surface area contributed by atoms with E-state index in [4.69, 9.17) is 0 Å². The molecule has 1 unspecified atom stereocenters. The zero-order chi connectivity index (χ0) is 14.8. The van der Waals surface area contributed by atoms with E-state index in [0.29, 0.717) is 18.8 Å². The molecule has 2 fully saturated rings. The Morgan fingerprint density at radius 2 is 2.19 bits per heavy atom. The summed E-state index contributed by atoms with van der Waals surface area (Å²) in [5, 5.41) is 9.28. The second-order valence-corrected chi connectivity index (χ2v) is 5.61. The molecule has 6 nitrogen and oxygen atoms in total. The number of carbonyl (C=O) groups is 2. The Labute approximate surface area is 123 Å². The van der Waals surface area contributed by atoms with Crippen LogP contribution in [0.3, 0.4) is 0 Å². The van der Waals surface area contributed by atoms with E-state index >= 15 is 0 Å². The number of piperidine rings is 1. The number of hydrogen-bond donors (Lipinski definition) is 1. The van der Waals surface area contributed by atoms with Crippen molar-refractivity contribution in [2.24, 2.45) is 0 Å².